The van der Waals surface area contributed by atoms with Gasteiger partial charge >= 0.3 is 0 Å². The number of rotatable bonds is 7. The summed E-state index contributed by atoms with van der Waals surface area (Å²) in [7, 11) is 3.61. The average molecular weight is 347 g/mol. The highest BCUT2D eigenvalue weighted by atomic mass is 16.5. The van der Waals surface area contributed by atoms with E-state index in [1.54, 1.807) is 7.11 Å². The van der Waals surface area contributed by atoms with Gasteiger partial charge in [0.15, 0.2) is 5.96 Å². The summed E-state index contributed by atoms with van der Waals surface area (Å²) < 4.78 is 5.17. The largest absolute Gasteiger partial charge is 0.383 e. The van der Waals surface area contributed by atoms with Crippen LogP contribution in [0.1, 0.15) is 29.5 Å². The summed E-state index contributed by atoms with van der Waals surface area (Å²) in [6.45, 7) is 10.3. The van der Waals surface area contributed by atoms with E-state index in [-0.39, 0.29) is 0 Å². The maximum atomic E-state index is 5.17. The number of hydrogen-bond donors (Lipinski definition) is 2. The molecule has 0 aliphatic carbocycles. The molecule has 2 N–H and O–H groups in total. The molecule has 0 amide bonds. The van der Waals surface area contributed by atoms with Gasteiger partial charge in [-0.25, -0.2) is 0 Å². The molecule has 5 nitrogen and oxygen atoms in total. The first kappa shape index (κ1) is 19.7. The lowest BCUT2D eigenvalue weighted by Crippen LogP contribution is -2.43. The fraction of sp³-hybridized carbons (Fsp3) is 0.650. The van der Waals surface area contributed by atoms with Crippen molar-refractivity contribution in [2.75, 3.05) is 46.9 Å². The summed E-state index contributed by atoms with van der Waals surface area (Å²) in [4.78, 5) is 6.85. The number of methoxy groups -OCH3 is 1. The van der Waals surface area contributed by atoms with Crippen LogP contribution in [-0.2, 0) is 11.3 Å². The smallest absolute Gasteiger partial charge is 0.191 e. The lowest BCUT2D eigenvalue weighted by Gasteiger charge is -2.32. The topological polar surface area (TPSA) is 48.9 Å². The number of likely N-dealkylation sites (tertiary alicyclic amines) is 1. The predicted octanol–water partition coefficient (Wildman–Crippen LogP) is 2.33. The normalized spacial score (nSPS) is 16.9. The molecule has 1 saturated heterocycles. The lowest BCUT2D eigenvalue weighted by molar-refractivity contribution is 0.121. The molecule has 1 aromatic rings. The van der Waals surface area contributed by atoms with Gasteiger partial charge in [-0.3, -0.25) is 4.99 Å². The van der Waals surface area contributed by atoms with Gasteiger partial charge in [-0.1, -0.05) is 23.8 Å². The molecule has 5 heteroatoms. The number of aliphatic imine (C=N–C) groups is 1. The molecule has 25 heavy (non-hydrogen) atoms. The van der Waals surface area contributed by atoms with Gasteiger partial charge in [-0.15, -0.1) is 0 Å². The van der Waals surface area contributed by atoms with Crippen LogP contribution >= 0.6 is 0 Å². The Kier molecular flexibility index (Phi) is 8.22. The molecule has 140 valence electrons. The maximum absolute atomic E-state index is 5.17. The number of hydrogen-bond acceptors (Lipinski definition) is 3. The van der Waals surface area contributed by atoms with E-state index in [2.05, 4.69) is 52.6 Å². The molecular formula is C20H34N4O. The number of nitrogens with one attached hydrogen (secondary N) is 2. The molecule has 1 heterocycles. The van der Waals surface area contributed by atoms with Crippen molar-refractivity contribution in [3.8, 4) is 0 Å². The van der Waals surface area contributed by atoms with Crippen molar-refractivity contribution in [3.05, 3.63) is 34.9 Å². The van der Waals surface area contributed by atoms with Crippen LogP contribution in [0.3, 0.4) is 0 Å². The van der Waals surface area contributed by atoms with E-state index >= 15 is 0 Å². The third-order valence-corrected chi connectivity index (χ3v) is 5.04. The quantitative estimate of drug-likeness (QED) is 0.588. The van der Waals surface area contributed by atoms with Gasteiger partial charge < -0.3 is 20.3 Å². The second kappa shape index (κ2) is 10.4. The molecule has 1 aliphatic rings. The first-order valence-corrected chi connectivity index (χ1v) is 9.34. The van der Waals surface area contributed by atoms with Crippen LogP contribution < -0.4 is 10.6 Å². The van der Waals surface area contributed by atoms with Crippen LogP contribution in [0.5, 0.6) is 0 Å². The van der Waals surface area contributed by atoms with Crippen LogP contribution in [0.4, 0.5) is 0 Å². The number of piperidine rings is 1. The zero-order valence-electron chi connectivity index (χ0n) is 16.3. The minimum absolute atomic E-state index is 0.721. The van der Waals surface area contributed by atoms with Gasteiger partial charge in [0.1, 0.15) is 0 Å². The molecule has 0 saturated carbocycles. The summed E-state index contributed by atoms with van der Waals surface area (Å²) in [5.41, 5.74) is 3.95. The summed E-state index contributed by atoms with van der Waals surface area (Å²) in [5, 5.41) is 6.93. The zero-order chi connectivity index (χ0) is 18.1. The highest BCUT2D eigenvalue weighted by Gasteiger charge is 2.18. The van der Waals surface area contributed by atoms with Crippen molar-refractivity contribution >= 4 is 5.96 Å². The third kappa shape index (κ3) is 6.67. The van der Waals surface area contributed by atoms with Gasteiger partial charge in [0.05, 0.1) is 6.61 Å². The zero-order valence-corrected chi connectivity index (χ0v) is 16.3. The number of aryl methyl sites for hydroxylation is 2. The second-order valence-corrected chi connectivity index (χ2v) is 7.01. The summed E-state index contributed by atoms with van der Waals surface area (Å²) >= 11 is 0. The third-order valence-electron chi connectivity index (χ3n) is 5.04. The second-order valence-electron chi connectivity index (χ2n) is 7.01. The minimum Gasteiger partial charge on any atom is -0.383 e. The van der Waals surface area contributed by atoms with Gasteiger partial charge in [0.2, 0.25) is 0 Å². The first-order valence-electron chi connectivity index (χ1n) is 9.34. The van der Waals surface area contributed by atoms with Crippen molar-refractivity contribution in [2.24, 2.45) is 10.9 Å². The molecule has 0 atom stereocenters. The Bertz CT molecular complexity index is 551. The summed E-state index contributed by atoms with van der Waals surface area (Å²) in [5.74, 6) is 1.61. The van der Waals surface area contributed by atoms with Crippen LogP contribution in [-0.4, -0.2) is 57.8 Å². The molecule has 0 unspecified atom stereocenters. The van der Waals surface area contributed by atoms with Crippen LogP contribution in [0.25, 0.3) is 0 Å². The van der Waals surface area contributed by atoms with Crippen LogP contribution in [0.15, 0.2) is 23.2 Å². The lowest BCUT2D eigenvalue weighted by atomic mass is 9.97. The summed E-state index contributed by atoms with van der Waals surface area (Å²) in [6.07, 6.45) is 2.48. The van der Waals surface area contributed by atoms with E-state index in [1.165, 1.54) is 42.6 Å². The molecule has 2 rings (SSSR count). The molecule has 0 radical (unpaired) electrons. The first-order chi connectivity index (χ1) is 12.1. The van der Waals surface area contributed by atoms with E-state index in [9.17, 15) is 0 Å². The highest BCUT2D eigenvalue weighted by Crippen LogP contribution is 2.16. The Balaban J connectivity index is 1.70. The Morgan fingerprint density at radius 1 is 1.24 bits per heavy atom. The molecular weight excluding hydrogens is 312 g/mol. The molecule has 0 spiro atoms. The monoisotopic (exact) mass is 346 g/mol. The minimum atomic E-state index is 0.721. The average Bonchev–Trinajstić information content (AvgIpc) is 2.62. The number of guanidine groups is 1. The van der Waals surface area contributed by atoms with Crippen molar-refractivity contribution < 1.29 is 4.74 Å². The Hall–Kier alpha value is -1.59. The van der Waals surface area contributed by atoms with E-state index in [0.717, 1.165) is 38.1 Å². The van der Waals surface area contributed by atoms with Crippen molar-refractivity contribution in [2.45, 2.75) is 33.2 Å². The number of ether oxygens (including phenoxy) is 1. The molecule has 0 aromatic heterocycles. The standard InChI is InChI=1S/C20H34N4O/c1-16-5-6-19(17(2)13-16)15-23-20(21-3)22-14-18-7-9-24(10-8-18)11-12-25-4/h5-6,13,18H,7-12,14-15H2,1-4H3,(H2,21,22,23). The fourth-order valence-electron chi connectivity index (χ4n) is 3.32. The maximum Gasteiger partial charge on any atom is 0.191 e. The van der Waals surface area contributed by atoms with Gasteiger partial charge in [0.25, 0.3) is 0 Å². The summed E-state index contributed by atoms with van der Waals surface area (Å²) in [6, 6.07) is 6.59. The number of benzene rings is 1. The van der Waals surface area contributed by atoms with Crippen LogP contribution in [0, 0.1) is 19.8 Å². The molecule has 1 aromatic carbocycles. The Morgan fingerprint density at radius 2 is 2.00 bits per heavy atom. The van der Waals surface area contributed by atoms with Crippen molar-refractivity contribution in [1.29, 1.82) is 0 Å². The van der Waals surface area contributed by atoms with E-state index in [4.69, 9.17) is 4.74 Å². The molecule has 0 bridgehead atoms. The van der Waals surface area contributed by atoms with Gasteiger partial charge in [0, 0.05) is 33.8 Å². The van der Waals surface area contributed by atoms with Gasteiger partial charge in [-0.05, 0) is 56.8 Å². The fourth-order valence-corrected chi connectivity index (χ4v) is 3.32. The van der Waals surface area contributed by atoms with E-state index in [1.807, 2.05) is 7.05 Å². The van der Waals surface area contributed by atoms with E-state index in [0.29, 0.717) is 0 Å². The highest BCUT2D eigenvalue weighted by molar-refractivity contribution is 5.79. The Morgan fingerprint density at radius 3 is 2.64 bits per heavy atom. The predicted molar refractivity (Wildman–Crippen MR) is 105 cm³/mol. The van der Waals surface area contributed by atoms with E-state index < -0.39 is 0 Å². The van der Waals surface area contributed by atoms with Crippen molar-refractivity contribution in [1.82, 2.24) is 15.5 Å². The Labute approximate surface area is 152 Å². The molecule has 1 fully saturated rings. The van der Waals surface area contributed by atoms with Gasteiger partial charge in [-0.2, -0.15) is 0 Å². The van der Waals surface area contributed by atoms with Crippen molar-refractivity contribution in [3.63, 3.8) is 0 Å². The molecule has 1 aliphatic heterocycles. The number of nitrogens with zero attached hydrogens (tertiary/aromatic N) is 2. The van der Waals surface area contributed by atoms with Crippen LogP contribution in [0.2, 0.25) is 0 Å². The SMILES string of the molecule is CN=C(NCc1ccc(C)cc1C)NCC1CCN(CCOC)CC1.